The summed E-state index contributed by atoms with van der Waals surface area (Å²) in [7, 11) is -3.74. The molecular formula is C23H38N2O2S. The molecule has 0 atom stereocenters. The quantitative estimate of drug-likeness (QED) is 0.564. The summed E-state index contributed by atoms with van der Waals surface area (Å²) in [5.41, 5.74) is 3.85. The summed E-state index contributed by atoms with van der Waals surface area (Å²) in [4.78, 5) is 3.02. The molecule has 2 rings (SSSR count). The van der Waals surface area contributed by atoms with Gasteiger partial charge in [0.1, 0.15) is 0 Å². The average molecular weight is 407 g/mol. The van der Waals surface area contributed by atoms with Crippen molar-refractivity contribution < 1.29 is 8.42 Å². The lowest BCUT2D eigenvalue weighted by atomic mass is 9.76. The largest absolute Gasteiger partial charge is 0.277 e. The fourth-order valence-electron chi connectivity index (χ4n) is 3.91. The van der Waals surface area contributed by atoms with Crippen molar-refractivity contribution in [2.24, 2.45) is 10.5 Å². The first-order valence-corrected chi connectivity index (χ1v) is 12.1. The minimum absolute atomic E-state index is 0.0516. The first-order chi connectivity index (χ1) is 12.9. The van der Waals surface area contributed by atoms with Crippen LogP contribution in [0.1, 0.15) is 116 Å². The lowest BCUT2D eigenvalue weighted by Crippen LogP contribution is -2.32. The maximum atomic E-state index is 13.4. The SMILES string of the molecule is CC(C)c1cc(C(C)C)c(S(=O)(=O)N/N=C2\CCCCC2(C)C)c(C(C)C)c1. The van der Waals surface area contributed by atoms with Gasteiger partial charge in [-0.15, -0.1) is 0 Å². The lowest BCUT2D eigenvalue weighted by molar-refractivity contribution is 0.408. The predicted molar refractivity (Wildman–Crippen MR) is 119 cm³/mol. The summed E-state index contributed by atoms with van der Waals surface area (Å²) in [6.45, 7) is 16.8. The number of rotatable bonds is 6. The minimum atomic E-state index is -3.74. The van der Waals surface area contributed by atoms with Crippen LogP contribution in [0, 0.1) is 5.41 Å². The molecule has 1 saturated carbocycles. The van der Waals surface area contributed by atoms with Gasteiger partial charge in [-0.1, -0.05) is 73.9 Å². The molecule has 1 aliphatic rings. The Labute approximate surface area is 172 Å². The van der Waals surface area contributed by atoms with E-state index in [4.69, 9.17) is 0 Å². The van der Waals surface area contributed by atoms with Gasteiger partial charge in [0.25, 0.3) is 10.0 Å². The van der Waals surface area contributed by atoms with E-state index in [1.807, 2.05) is 0 Å². The molecule has 5 heteroatoms. The van der Waals surface area contributed by atoms with Crippen molar-refractivity contribution in [3.63, 3.8) is 0 Å². The third kappa shape index (κ3) is 4.97. The van der Waals surface area contributed by atoms with E-state index in [1.54, 1.807) is 0 Å². The molecule has 0 bridgehead atoms. The zero-order valence-corrected chi connectivity index (χ0v) is 19.7. The highest BCUT2D eigenvalue weighted by Crippen LogP contribution is 2.36. The van der Waals surface area contributed by atoms with Gasteiger partial charge in [-0.3, -0.25) is 0 Å². The third-order valence-electron chi connectivity index (χ3n) is 5.90. The van der Waals surface area contributed by atoms with Gasteiger partial charge in [-0.25, -0.2) is 4.83 Å². The van der Waals surface area contributed by atoms with Crippen molar-refractivity contribution in [2.45, 2.75) is 104 Å². The number of nitrogens with one attached hydrogen (secondary N) is 1. The summed E-state index contributed by atoms with van der Waals surface area (Å²) in [6.07, 6.45) is 4.15. The molecule has 158 valence electrons. The zero-order chi connectivity index (χ0) is 21.3. The maximum absolute atomic E-state index is 13.4. The van der Waals surface area contributed by atoms with Crippen LogP contribution in [-0.4, -0.2) is 14.1 Å². The van der Waals surface area contributed by atoms with Gasteiger partial charge in [-0.05, 0) is 53.7 Å². The van der Waals surface area contributed by atoms with Crippen LogP contribution < -0.4 is 4.83 Å². The first kappa shape index (κ1) is 22.9. The average Bonchev–Trinajstić information content (AvgIpc) is 2.59. The number of sulfonamides is 1. The van der Waals surface area contributed by atoms with Crippen LogP contribution in [0.25, 0.3) is 0 Å². The molecule has 4 nitrogen and oxygen atoms in total. The second kappa shape index (κ2) is 8.56. The molecule has 1 aromatic rings. The Balaban J connectivity index is 2.57. The second-order valence-electron chi connectivity index (χ2n) is 9.74. The number of hydrogen-bond acceptors (Lipinski definition) is 3. The van der Waals surface area contributed by atoms with Crippen LogP contribution in [0.5, 0.6) is 0 Å². The highest BCUT2D eigenvalue weighted by atomic mass is 32.2. The summed E-state index contributed by atoms with van der Waals surface area (Å²) in [6, 6.07) is 4.13. The van der Waals surface area contributed by atoms with E-state index < -0.39 is 10.0 Å². The topological polar surface area (TPSA) is 58.5 Å². The molecule has 28 heavy (non-hydrogen) atoms. The van der Waals surface area contributed by atoms with Crippen molar-refractivity contribution in [2.75, 3.05) is 0 Å². The van der Waals surface area contributed by atoms with Crippen molar-refractivity contribution in [3.8, 4) is 0 Å². The molecule has 1 aromatic carbocycles. The van der Waals surface area contributed by atoms with E-state index >= 15 is 0 Å². The fraction of sp³-hybridized carbons (Fsp3) is 0.696. The molecule has 0 radical (unpaired) electrons. The first-order valence-electron chi connectivity index (χ1n) is 10.6. The molecular weight excluding hydrogens is 368 g/mol. The van der Waals surface area contributed by atoms with Gasteiger partial charge < -0.3 is 0 Å². The van der Waals surface area contributed by atoms with Gasteiger partial charge in [0.15, 0.2) is 0 Å². The smallest absolute Gasteiger partial charge is 0.200 e. The van der Waals surface area contributed by atoms with Crippen molar-refractivity contribution in [1.82, 2.24) is 4.83 Å². The Hall–Kier alpha value is -1.36. The van der Waals surface area contributed by atoms with Gasteiger partial charge >= 0.3 is 0 Å². The Kier molecular flexibility index (Phi) is 7.01. The Morgan fingerprint density at radius 2 is 1.46 bits per heavy atom. The van der Waals surface area contributed by atoms with E-state index in [2.05, 4.69) is 77.5 Å². The molecule has 0 unspecified atom stereocenters. The monoisotopic (exact) mass is 406 g/mol. The fourth-order valence-corrected chi connectivity index (χ4v) is 5.44. The van der Waals surface area contributed by atoms with Crippen LogP contribution in [0.3, 0.4) is 0 Å². The van der Waals surface area contributed by atoms with Crippen LogP contribution in [0.2, 0.25) is 0 Å². The van der Waals surface area contributed by atoms with E-state index in [0.717, 1.165) is 36.1 Å². The van der Waals surface area contributed by atoms with Crippen LogP contribution >= 0.6 is 0 Å². The standard InChI is InChI=1S/C23H38N2O2S/c1-15(2)18-13-19(16(3)4)22(20(14-18)17(5)6)28(26,27)25-24-21-11-9-10-12-23(21,7)8/h13-17,25H,9-12H2,1-8H3/b24-21+. The van der Waals surface area contributed by atoms with Crippen molar-refractivity contribution in [1.29, 1.82) is 0 Å². The highest BCUT2D eigenvalue weighted by molar-refractivity contribution is 7.89. The lowest BCUT2D eigenvalue weighted by Gasteiger charge is -2.31. The zero-order valence-electron chi connectivity index (χ0n) is 18.9. The van der Waals surface area contributed by atoms with Crippen molar-refractivity contribution in [3.05, 3.63) is 28.8 Å². The molecule has 0 saturated heterocycles. The number of nitrogens with zero attached hydrogens (tertiary/aromatic N) is 1. The molecule has 1 N–H and O–H groups in total. The molecule has 0 amide bonds. The number of hydrogen-bond donors (Lipinski definition) is 1. The molecule has 0 aliphatic heterocycles. The second-order valence-corrected chi connectivity index (χ2v) is 11.3. The van der Waals surface area contributed by atoms with Gasteiger partial charge in [0.05, 0.1) is 4.90 Å². The van der Waals surface area contributed by atoms with Crippen LogP contribution in [-0.2, 0) is 10.0 Å². The number of hydrazone groups is 1. The normalized spacial score (nSPS) is 19.0. The van der Waals surface area contributed by atoms with E-state index in [-0.39, 0.29) is 17.3 Å². The van der Waals surface area contributed by atoms with Gasteiger partial charge in [0.2, 0.25) is 0 Å². The Bertz CT molecular complexity index is 805. The van der Waals surface area contributed by atoms with E-state index in [9.17, 15) is 8.42 Å². The molecule has 1 fully saturated rings. The summed E-state index contributed by atoms with van der Waals surface area (Å²) >= 11 is 0. The van der Waals surface area contributed by atoms with Gasteiger partial charge in [-0.2, -0.15) is 13.5 Å². The van der Waals surface area contributed by atoms with E-state index in [0.29, 0.717) is 10.8 Å². The van der Waals surface area contributed by atoms with Crippen LogP contribution in [0.15, 0.2) is 22.1 Å². The number of benzene rings is 1. The summed E-state index contributed by atoms with van der Waals surface area (Å²) in [5, 5.41) is 4.42. The maximum Gasteiger partial charge on any atom is 0.277 e. The van der Waals surface area contributed by atoms with E-state index in [1.165, 1.54) is 12.0 Å². The molecule has 1 aliphatic carbocycles. The van der Waals surface area contributed by atoms with Gasteiger partial charge in [0, 0.05) is 11.1 Å². The molecule has 0 spiro atoms. The summed E-state index contributed by atoms with van der Waals surface area (Å²) in [5.74, 6) is 0.575. The Morgan fingerprint density at radius 3 is 1.89 bits per heavy atom. The molecule has 0 heterocycles. The minimum Gasteiger partial charge on any atom is -0.200 e. The van der Waals surface area contributed by atoms with Crippen LogP contribution in [0.4, 0.5) is 0 Å². The predicted octanol–water partition coefficient (Wildman–Crippen LogP) is 6.29. The van der Waals surface area contributed by atoms with Crippen molar-refractivity contribution >= 4 is 15.7 Å². The highest BCUT2D eigenvalue weighted by Gasteiger charge is 2.30. The summed E-state index contributed by atoms with van der Waals surface area (Å²) < 4.78 is 26.8. The molecule has 0 aromatic heterocycles. The Morgan fingerprint density at radius 1 is 0.929 bits per heavy atom. The third-order valence-corrected chi connectivity index (χ3v) is 7.24.